The first kappa shape index (κ1) is 16.8. The van der Waals surface area contributed by atoms with E-state index in [1.807, 2.05) is 36.1 Å². The average Bonchev–Trinajstić information content (AvgIpc) is 2.98. The molecular weight excluding hydrogens is 304 g/mol. The molecule has 2 fully saturated rings. The second-order valence-electron chi connectivity index (χ2n) is 6.84. The van der Waals surface area contributed by atoms with Crippen molar-refractivity contribution in [3.63, 3.8) is 0 Å². The number of anilines is 1. The van der Waals surface area contributed by atoms with Gasteiger partial charge in [0.05, 0.1) is 12.5 Å². The number of nitrogens with zero attached hydrogens (tertiary/aromatic N) is 2. The molecule has 2 aliphatic heterocycles. The molecule has 0 radical (unpaired) electrons. The third-order valence-electron chi connectivity index (χ3n) is 5.03. The van der Waals surface area contributed by atoms with Crippen LogP contribution in [0.2, 0.25) is 0 Å². The van der Waals surface area contributed by atoms with Crippen LogP contribution in [0.15, 0.2) is 24.3 Å². The quantitative estimate of drug-likeness (QED) is 0.853. The van der Waals surface area contributed by atoms with Gasteiger partial charge in [-0.15, -0.1) is 0 Å². The molecular formula is C19H26N2O3. The molecule has 0 aliphatic carbocycles. The van der Waals surface area contributed by atoms with E-state index in [0.717, 1.165) is 37.4 Å². The van der Waals surface area contributed by atoms with E-state index in [0.29, 0.717) is 25.5 Å². The average molecular weight is 330 g/mol. The van der Waals surface area contributed by atoms with Gasteiger partial charge in [0.1, 0.15) is 5.75 Å². The number of hydrogen-bond acceptors (Lipinski definition) is 3. The number of rotatable bonds is 4. The summed E-state index contributed by atoms with van der Waals surface area (Å²) in [5.41, 5.74) is 0.839. The lowest BCUT2D eigenvalue weighted by molar-refractivity contribution is -0.137. The van der Waals surface area contributed by atoms with Crippen molar-refractivity contribution < 1.29 is 14.3 Å². The Morgan fingerprint density at radius 3 is 2.50 bits per heavy atom. The molecule has 0 spiro atoms. The maximum atomic E-state index is 12.7. The van der Waals surface area contributed by atoms with Crippen LogP contribution in [0.5, 0.6) is 5.75 Å². The lowest BCUT2D eigenvalue weighted by Crippen LogP contribution is -2.42. The summed E-state index contributed by atoms with van der Waals surface area (Å²) in [5.74, 6) is 1.45. The molecule has 3 rings (SSSR count). The van der Waals surface area contributed by atoms with E-state index >= 15 is 0 Å². The molecule has 2 aliphatic rings. The maximum absolute atomic E-state index is 12.7. The highest BCUT2D eigenvalue weighted by molar-refractivity contribution is 6.00. The molecule has 5 heteroatoms. The van der Waals surface area contributed by atoms with E-state index < -0.39 is 0 Å². The first-order chi connectivity index (χ1) is 11.6. The normalized spacial score (nSPS) is 22.1. The molecule has 5 nitrogen and oxygen atoms in total. The maximum Gasteiger partial charge on any atom is 0.228 e. The highest BCUT2D eigenvalue weighted by Crippen LogP contribution is 2.29. The van der Waals surface area contributed by atoms with E-state index in [9.17, 15) is 9.59 Å². The standard InChI is InChI=1S/C19H26N2O3/c1-3-24-17-6-4-16(5-7-17)21-13-15(12-18(21)22)19(23)20-10-8-14(2)9-11-20/h4-7,14-15H,3,8-13H2,1-2H3/t15-/m1/s1. The Labute approximate surface area is 143 Å². The summed E-state index contributed by atoms with van der Waals surface area (Å²) in [5, 5.41) is 0. The number of carbonyl (C=O) groups is 2. The number of likely N-dealkylation sites (tertiary alicyclic amines) is 1. The Hall–Kier alpha value is -2.04. The summed E-state index contributed by atoms with van der Waals surface area (Å²) < 4.78 is 5.43. The summed E-state index contributed by atoms with van der Waals surface area (Å²) >= 11 is 0. The smallest absolute Gasteiger partial charge is 0.228 e. The molecule has 0 aromatic heterocycles. The highest BCUT2D eigenvalue weighted by Gasteiger charge is 2.37. The Morgan fingerprint density at radius 2 is 1.88 bits per heavy atom. The molecule has 0 saturated carbocycles. The molecule has 1 aromatic rings. The van der Waals surface area contributed by atoms with Gasteiger partial charge in [0.15, 0.2) is 0 Å². The summed E-state index contributed by atoms with van der Waals surface area (Å²) in [6.45, 7) is 6.93. The number of amides is 2. The third kappa shape index (κ3) is 3.55. The fraction of sp³-hybridized carbons (Fsp3) is 0.579. The second-order valence-corrected chi connectivity index (χ2v) is 6.84. The van der Waals surface area contributed by atoms with Crippen molar-refractivity contribution >= 4 is 17.5 Å². The van der Waals surface area contributed by atoms with Gasteiger partial charge in [0.2, 0.25) is 11.8 Å². The highest BCUT2D eigenvalue weighted by atomic mass is 16.5. The lowest BCUT2D eigenvalue weighted by Gasteiger charge is -2.32. The number of ether oxygens (including phenoxy) is 1. The summed E-state index contributed by atoms with van der Waals surface area (Å²) in [7, 11) is 0. The van der Waals surface area contributed by atoms with Crippen molar-refractivity contribution in [2.75, 3.05) is 31.1 Å². The van der Waals surface area contributed by atoms with E-state index in [4.69, 9.17) is 4.74 Å². The van der Waals surface area contributed by atoms with Crippen LogP contribution in [-0.4, -0.2) is 43.0 Å². The van der Waals surface area contributed by atoms with Gasteiger partial charge in [-0.05, 0) is 49.9 Å². The van der Waals surface area contributed by atoms with E-state index in [1.54, 1.807) is 4.90 Å². The Morgan fingerprint density at radius 1 is 1.21 bits per heavy atom. The van der Waals surface area contributed by atoms with Crippen LogP contribution in [0.4, 0.5) is 5.69 Å². The minimum atomic E-state index is -0.211. The molecule has 24 heavy (non-hydrogen) atoms. The van der Waals surface area contributed by atoms with E-state index in [1.165, 1.54) is 0 Å². The lowest BCUT2D eigenvalue weighted by atomic mass is 9.97. The minimum Gasteiger partial charge on any atom is -0.494 e. The Kier molecular flexibility index (Phi) is 5.07. The van der Waals surface area contributed by atoms with E-state index in [-0.39, 0.29) is 17.7 Å². The van der Waals surface area contributed by atoms with Gasteiger partial charge >= 0.3 is 0 Å². The van der Waals surface area contributed by atoms with E-state index in [2.05, 4.69) is 6.92 Å². The zero-order chi connectivity index (χ0) is 17.1. The molecule has 2 saturated heterocycles. The fourth-order valence-electron chi connectivity index (χ4n) is 3.50. The molecule has 1 aromatic carbocycles. The first-order valence-corrected chi connectivity index (χ1v) is 8.90. The second kappa shape index (κ2) is 7.24. The molecule has 2 amide bonds. The van der Waals surface area contributed by atoms with Crippen LogP contribution in [-0.2, 0) is 9.59 Å². The Balaban J connectivity index is 1.63. The number of piperidine rings is 1. The summed E-state index contributed by atoms with van der Waals surface area (Å²) in [6.07, 6.45) is 2.45. The zero-order valence-corrected chi connectivity index (χ0v) is 14.5. The van der Waals surface area contributed by atoms with Crippen molar-refractivity contribution in [3.8, 4) is 5.75 Å². The fourth-order valence-corrected chi connectivity index (χ4v) is 3.50. The van der Waals surface area contributed by atoms with Gasteiger partial charge in [-0.2, -0.15) is 0 Å². The predicted octanol–water partition coefficient (Wildman–Crippen LogP) is 2.70. The van der Waals surface area contributed by atoms with Crippen LogP contribution >= 0.6 is 0 Å². The van der Waals surface area contributed by atoms with Crippen molar-refractivity contribution in [2.45, 2.75) is 33.1 Å². The largest absolute Gasteiger partial charge is 0.494 e. The molecule has 130 valence electrons. The van der Waals surface area contributed by atoms with Crippen LogP contribution < -0.4 is 9.64 Å². The number of benzene rings is 1. The molecule has 1 atom stereocenters. The first-order valence-electron chi connectivity index (χ1n) is 8.90. The molecule has 0 bridgehead atoms. The van der Waals surface area contributed by atoms with Crippen molar-refractivity contribution in [3.05, 3.63) is 24.3 Å². The van der Waals surface area contributed by atoms with Crippen molar-refractivity contribution in [1.82, 2.24) is 4.90 Å². The van der Waals surface area contributed by atoms with Crippen LogP contribution in [0.3, 0.4) is 0 Å². The van der Waals surface area contributed by atoms with Crippen LogP contribution in [0.1, 0.15) is 33.1 Å². The van der Waals surface area contributed by atoms with Gasteiger partial charge in [0.25, 0.3) is 0 Å². The van der Waals surface area contributed by atoms with Crippen LogP contribution in [0.25, 0.3) is 0 Å². The monoisotopic (exact) mass is 330 g/mol. The molecule has 2 heterocycles. The van der Waals surface area contributed by atoms with Gasteiger partial charge in [-0.25, -0.2) is 0 Å². The summed E-state index contributed by atoms with van der Waals surface area (Å²) in [4.78, 5) is 28.7. The molecule has 0 N–H and O–H groups in total. The van der Waals surface area contributed by atoms with Gasteiger partial charge < -0.3 is 14.5 Å². The topological polar surface area (TPSA) is 49.9 Å². The van der Waals surface area contributed by atoms with Crippen molar-refractivity contribution in [2.24, 2.45) is 11.8 Å². The Bertz CT molecular complexity index is 591. The van der Waals surface area contributed by atoms with Gasteiger partial charge in [-0.3, -0.25) is 9.59 Å². The predicted molar refractivity (Wildman–Crippen MR) is 93.0 cm³/mol. The van der Waals surface area contributed by atoms with Crippen molar-refractivity contribution in [1.29, 1.82) is 0 Å². The zero-order valence-electron chi connectivity index (χ0n) is 14.5. The van der Waals surface area contributed by atoms with Gasteiger partial charge in [0, 0.05) is 31.7 Å². The minimum absolute atomic E-state index is 0.0305. The number of hydrogen-bond donors (Lipinski definition) is 0. The SMILES string of the molecule is CCOc1ccc(N2C[C@H](C(=O)N3CCC(C)CC3)CC2=O)cc1. The molecule has 0 unspecified atom stereocenters. The third-order valence-corrected chi connectivity index (χ3v) is 5.03. The van der Waals surface area contributed by atoms with Crippen LogP contribution in [0, 0.1) is 11.8 Å². The number of carbonyl (C=O) groups excluding carboxylic acids is 2. The van der Waals surface area contributed by atoms with Gasteiger partial charge in [-0.1, -0.05) is 6.92 Å². The summed E-state index contributed by atoms with van der Waals surface area (Å²) in [6, 6.07) is 7.51.